The Labute approximate surface area is 113 Å². The molecular weight excluding hydrogens is 222 g/mol. The normalized spacial score (nSPS) is 27.5. The first-order valence-corrected chi connectivity index (χ1v) is 7.87. The van der Waals surface area contributed by atoms with Gasteiger partial charge in [-0.25, -0.2) is 0 Å². The van der Waals surface area contributed by atoms with Crippen LogP contribution in [-0.4, -0.2) is 54.6 Å². The predicted octanol–water partition coefficient (Wildman–Crippen LogP) is 1.92. The van der Waals surface area contributed by atoms with Gasteiger partial charge in [0.15, 0.2) is 0 Å². The Balaban J connectivity index is 1.67. The van der Waals surface area contributed by atoms with E-state index in [1.807, 2.05) is 0 Å². The van der Waals surface area contributed by atoms with Crippen LogP contribution < -0.4 is 5.73 Å². The van der Waals surface area contributed by atoms with Crippen LogP contribution in [0.3, 0.4) is 0 Å². The monoisotopic (exact) mass is 253 g/mol. The fourth-order valence-electron chi connectivity index (χ4n) is 3.59. The van der Waals surface area contributed by atoms with E-state index < -0.39 is 0 Å². The van der Waals surface area contributed by atoms with Gasteiger partial charge in [0.05, 0.1) is 0 Å². The van der Waals surface area contributed by atoms with Crippen molar-refractivity contribution in [3.63, 3.8) is 0 Å². The molecule has 0 aliphatic carbocycles. The summed E-state index contributed by atoms with van der Waals surface area (Å²) in [6.45, 7) is 11.1. The SMILES string of the molecule is CC(N)CC(C)N1CCC(CN2CCCC2)CC1. The van der Waals surface area contributed by atoms with E-state index in [0.29, 0.717) is 12.1 Å². The summed E-state index contributed by atoms with van der Waals surface area (Å²) in [5.41, 5.74) is 5.90. The first-order chi connectivity index (χ1) is 8.65. The second kappa shape index (κ2) is 6.88. The van der Waals surface area contributed by atoms with E-state index in [9.17, 15) is 0 Å². The Morgan fingerprint density at radius 2 is 1.67 bits per heavy atom. The summed E-state index contributed by atoms with van der Waals surface area (Å²) in [5.74, 6) is 0.946. The summed E-state index contributed by atoms with van der Waals surface area (Å²) in [6.07, 6.45) is 6.75. The lowest BCUT2D eigenvalue weighted by molar-refractivity contribution is 0.115. The molecule has 18 heavy (non-hydrogen) atoms. The second-order valence-corrected chi connectivity index (χ2v) is 6.55. The van der Waals surface area contributed by atoms with Crippen molar-refractivity contribution in [1.29, 1.82) is 0 Å². The van der Waals surface area contributed by atoms with Crippen molar-refractivity contribution in [2.75, 3.05) is 32.7 Å². The molecule has 0 spiro atoms. The number of rotatable bonds is 5. The average Bonchev–Trinajstić information content (AvgIpc) is 2.82. The molecule has 2 unspecified atom stereocenters. The zero-order chi connectivity index (χ0) is 13.0. The maximum Gasteiger partial charge on any atom is 0.00815 e. The molecule has 2 heterocycles. The topological polar surface area (TPSA) is 32.5 Å². The molecule has 0 aromatic carbocycles. The standard InChI is InChI=1S/C15H31N3/c1-13(16)11-14(2)18-9-5-15(6-10-18)12-17-7-3-4-8-17/h13-15H,3-12,16H2,1-2H3. The lowest BCUT2D eigenvalue weighted by Gasteiger charge is -2.37. The average molecular weight is 253 g/mol. The third kappa shape index (κ3) is 4.22. The molecule has 2 aliphatic rings. The van der Waals surface area contributed by atoms with Crippen LogP contribution in [0.25, 0.3) is 0 Å². The third-order valence-corrected chi connectivity index (χ3v) is 4.70. The highest BCUT2D eigenvalue weighted by atomic mass is 15.2. The van der Waals surface area contributed by atoms with Gasteiger partial charge in [-0.05, 0) is 78.0 Å². The van der Waals surface area contributed by atoms with Crippen molar-refractivity contribution in [3.05, 3.63) is 0 Å². The molecule has 2 fully saturated rings. The van der Waals surface area contributed by atoms with E-state index in [0.717, 1.165) is 12.3 Å². The van der Waals surface area contributed by atoms with Gasteiger partial charge in [0, 0.05) is 18.6 Å². The van der Waals surface area contributed by atoms with Crippen LogP contribution in [0.15, 0.2) is 0 Å². The Hall–Kier alpha value is -0.120. The first-order valence-electron chi connectivity index (χ1n) is 7.87. The molecule has 0 bridgehead atoms. The molecule has 106 valence electrons. The van der Waals surface area contributed by atoms with E-state index in [1.165, 1.54) is 58.4 Å². The minimum atomic E-state index is 0.335. The highest BCUT2D eigenvalue weighted by molar-refractivity contribution is 4.80. The zero-order valence-corrected chi connectivity index (χ0v) is 12.3. The van der Waals surface area contributed by atoms with Crippen molar-refractivity contribution in [2.24, 2.45) is 11.7 Å². The summed E-state index contributed by atoms with van der Waals surface area (Å²) in [5, 5.41) is 0. The summed E-state index contributed by atoms with van der Waals surface area (Å²) >= 11 is 0. The van der Waals surface area contributed by atoms with E-state index >= 15 is 0 Å². The maximum absolute atomic E-state index is 5.90. The molecule has 2 atom stereocenters. The van der Waals surface area contributed by atoms with E-state index in [1.54, 1.807) is 0 Å². The van der Waals surface area contributed by atoms with Gasteiger partial charge in [-0.15, -0.1) is 0 Å². The summed E-state index contributed by atoms with van der Waals surface area (Å²) in [6, 6.07) is 1.00. The van der Waals surface area contributed by atoms with E-state index in [-0.39, 0.29) is 0 Å². The van der Waals surface area contributed by atoms with Gasteiger partial charge < -0.3 is 15.5 Å². The van der Waals surface area contributed by atoms with Crippen LogP contribution in [0.5, 0.6) is 0 Å². The molecule has 3 heteroatoms. The Bertz CT molecular complexity index is 228. The smallest absolute Gasteiger partial charge is 0.00815 e. The predicted molar refractivity (Wildman–Crippen MR) is 77.7 cm³/mol. The molecule has 2 saturated heterocycles. The van der Waals surface area contributed by atoms with Crippen molar-refractivity contribution in [2.45, 2.75) is 58.0 Å². The number of nitrogens with two attached hydrogens (primary N) is 1. The largest absolute Gasteiger partial charge is 0.328 e. The molecule has 3 nitrogen and oxygen atoms in total. The van der Waals surface area contributed by atoms with E-state index in [2.05, 4.69) is 23.6 Å². The summed E-state index contributed by atoms with van der Waals surface area (Å²) in [7, 11) is 0. The number of hydrogen-bond acceptors (Lipinski definition) is 3. The van der Waals surface area contributed by atoms with Gasteiger partial charge in [0.2, 0.25) is 0 Å². The molecule has 2 aliphatic heterocycles. The molecule has 0 aromatic rings. The zero-order valence-electron chi connectivity index (χ0n) is 12.3. The van der Waals surface area contributed by atoms with Crippen LogP contribution in [0.4, 0.5) is 0 Å². The molecule has 0 saturated carbocycles. The summed E-state index contributed by atoms with van der Waals surface area (Å²) in [4.78, 5) is 5.32. The Kier molecular flexibility index (Phi) is 5.46. The lowest BCUT2D eigenvalue weighted by atomic mass is 9.94. The molecule has 0 aromatic heterocycles. The Morgan fingerprint density at radius 1 is 1.06 bits per heavy atom. The first kappa shape index (κ1) is 14.3. The molecule has 0 radical (unpaired) electrons. The van der Waals surface area contributed by atoms with Crippen molar-refractivity contribution in [1.82, 2.24) is 9.80 Å². The van der Waals surface area contributed by atoms with Gasteiger partial charge in [-0.3, -0.25) is 0 Å². The molecule has 2 rings (SSSR count). The van der Waals surface area contributed by atoms with Crippen LogP contribution in [-0.2, 0) is 0 Å². The Morgan fingerprint density at radius 3 is 2.22 bits per heavy atom. The molecule has 2 N–H and O–H groups in total. The maximum atomic E-state index is 5.90. The van der Waals surface area contributed by atoms with Crippen molar-refractivity contribution in [3.8, 4) is 0 Å². The van der Waals surface area contributed by atoms with Crippen LogP contribution in [0.2, 0.25) is 0 Å². The molecule has 0 amide bonds. The number of hydrogen-bond donors (Lipinski definition) is 1. The van der Waals surface area contributed by atoms with Gasteiger partial charge >= 0.3 is 0 Å². The number of likely N-dealkylation sites (tertiary alicyclic amines) is 2. The second-order valence-electron chi connectivity index (χ2n) is 6.55. The minimum absolute atomic E-state index is 0.335. The van der Waals surface area contributed by atoms with Crippen molar-refractivity contribution < 1.29 is 0 Å². The van der Waals surface area contributed by atoms with Crippen LogP contribution in [0, 0.1) is 5.92 Å². The quantitative estimate of drug-likeness (QED) is 0.812. The fourth-order valence-corrected chi connectivity index (χ4v) is 3.59. The fraction of sp³-hybridized carbons (Fsp3) is 1.00. The lowest BCUT2D eigenvalue weighted by Crippen LogP contribution is -2.44. The van der Waals surface area contributed by atoms with E-state index in [4.69, 9.17) is 5.73 Å². The number of piperidine rings is 1. The third-order valence-electron chi connectivity index (χ3n) is 4.70. The summed E-state index contributed by atoms with van der Waals surface area (Å²) < 4.78 is 0. The highest BCUT2D eigenvalue weighted by Gasteiger charge is 2.25. The van der Waals surface area contributed by atoms with Crippen LogP contribution >= 0.6 is 0 Å². The minimum Gasteiger partial charge on any atom is -0.328 e. The molecular formula is C15H31N3. The van der Waals surface area contributed by atoms with Crippen LogP contribution in [0.1, 0.15) is 46.0 Å². The number of nitrogens with zero attached hydrogens (tertiary/aromatic N) is 2. The van der Waals surface area contributed by atoms with Crippen molar-refractivity contribution >= 4 is 0 Å². The van der Waals surface area contributed by atoms with Gasteiger partial charge in [0.25, 0.3) is 0 Å². The van der Waals surface area contributed by atoms with Gasteiger partial charge in [-0.1, -0.05) is 0 Å². The van der Waals surface area contributed by atoms with Gasteiger partial charge in [0.1, 0.15) is 0 Å². The van der Waals surface area contributed by atoms with Gasteiger partial charge in [-0.2, -0.15) is 0 Å². The highest BCUT2D eigenvalue weighted by Crippen LogP contribution is 2.22.